The van der Waals surface area contributed by atoms with Crippen molar-refractivity contribution in [2.24, 2.45) is 5.41 Å². The van der Waals surface area contributed by atoms with E-state index >= 15 is 0 Å². The van der Waals surface area contributed by atoms with Crippen molar-refractivity contribution in [3.8, 4) is 0 Å². The van der Waals surface area contributed by atoms with Crippen LogP contribution in [0.3, 0.4) is 0 Å². The van der Waals surface area contributed by atoms with Gasteiger partial charge in [-0.25, -0.2) is 12.9 Å². The number of hydrogen-bond donors (Lipinski definition) is 1. The van der Waals surface area contributed by atoms with Crippen molar-refractivity contribution >= 4 is 32.5 Å². The van der Waals surface area contributed by atoms with Crippen molar-refractivity contribution in [2.45, 2.75) is 38.0 Å². The highest BCUT2D eigenvalue weighted by molar-refractivity contribution is 7.89. The van der Waals surface area contributed by atoms with Gasteiger partial charge in [-0.2, -0.15) is 9.40 Å². The second kappa shape index (κ2) is 8.53. The lowest BCUT2D eigenvalue weighted by atomic mass is 9.78. The molecule has 0 saturated carbocycles. The number of aromatic nitrogens is 3. The van der Waals surface area contributed by atoms with Gasteiger partial charge in [0.25, 0.3) is 11.5 Å². The van der Waals surface area contributed by atoms with Crippen LogP contribution in [0.1, 0.15) is 40.7 Å². The second-order valence-corrected chi connectivity index (χ2v) is 12.3. The number of carbonyl (C=O) groups excluding carboxylic acids is 1. The van der Waals surface area contributed by atoms with Gasteiger partial charge in [0.15, 0.2) is 0 Å². The lowest BCUT2D eigenvalue weighted by molar-refractivity contribution is 0.0752. The van der Waals surface area contributed by atoms with Gasteiger partial charge in [-0.05, 0) is 67.9 Å². The normalized spacial score (nSPS) is 18.3. The van der Waals surface area contributed by atoms with Crippen molar-refractivity contribution in [1.82, 2.24) is 23.8 Å². The molecule has 9 nitrogen and oxygen atoms in total. The maximum atomic E-state index is 13.5. The SMILES string of the molecule is Cc1ccc(C)c(S(=O)(=O)N2CCC3(CCN(C(=O)c4cnn5c4[nH]c(=O)c4ccccc45)C3)CC2)c1. The van der Waals surface area contributed by atoms with E-state index in [0.717, 1.165) is 17.5 Å². The summed E-state index contributed by atoms with van der Waals surface area (Å²) in [5.74, 6) is -0.164. The van der Waals surface area contributed by atoms with Gasteiger partial charge < -0.3 is 9.88 Å². The highest BCUT2D eigenvalue weighted by Gasteiger charge is 2.44. The van der Waals surface area contributed by atoms with Crippen LogP contribution < -0.4 is 5.56 Å². The van der Waals surface area contributed by atoms with Crippen LogP contribution in [-0.4, -0.2) is 64.3 Å². The van der Waals surface area contributed by atoms with E-state index in [-0.39, 0.29) is 16.9 Å². The molecule has 0 radical (unpaired) electrons. The van der Waals surface area contributed by atoms with Gasteiger partial charge in [0.05, 0.1) is 22.0 Å². The van der Waals surface area contributed by atoms with Crippen molar-refractivity contribution < 1.29 is 13.2 Å². The van der Waals surface area contributed by atoms with Crippen molar-refractivity contribution in [1.29, 1.82) is 0 Å². The molecular formula is C27H29N5O4S. The van der Waals surface area contributed by atoms with Gasteiger partial charge in [0.1, 0.15) is 11.2 Å². The molecule has 192 valence electrons. The molecule has 6 rings (SSSR count). The highest BCUT2D eigenvalue weighted by Crippen LogP contribution is 2.42. The fourth-order valence-electron chi connectivity index (χ4n) is 5.85. The summed E-state index contributed by atoms with van der Waals surface area (Å²) in [6.07, 6.45) is 3.76. The third-order valence-electron chi connectivity index (χ3n) is 8.08. The number of hydrogen-bond acceptors (Lipinski definition) is 5. The fraction of sp³-hybridized carbons (Fsp3) is 0.370. The van der Waals surface area contributed by atoms with Crippen LogP contribution in [0.5, 0.6) is 0 Å². The number of fused-ring (bicyclic) bond motifs is 3. The molecule has 1 amide bonds. The Labute approximate surface area is 214 Å². The van der Waals surface area contributed by atoms with E-state index in [1.807, 2.05) is 43.0 Å². The molecule has 4 aromatic rings. The van der Waals surface area contributed by atoms with Crippen LogP contribution in [0.15, 0.2) is 58.4 Å². The van der Waals surface area contributed by atoms with E-state index in [9.17, 15) is 18.0 Å². The summed E-state index contributed by atoms with van der Waals surface area (Å²) >= 11 is 0. The van der Waals surface area contributed by atoms with E-state index in [0.29, 0.717) is 66.0 Å². The van der Waals surface area contributed by atoms with Crippen molar-refractivity contribution in [3.05, 3.63) is 75.7 Å². The number of nitrogens with one attached hydrogen (secondary N) is 1. The molecule has 0 bridgehead atoms. The van der Waals surface area contributed by atoms with E-state index in [2.05, 4.69) is 10.1 Å². The Kier molecular flexibility index (Phi) is 5.50. The molecule has 2 aromatic carbocycles. The number of sulfonamides is 1. The summed E-state index contributed by atoms with van der Waals surface area (Å²) in [7, 11) is -3.57. The fourth-order valence-corrected chi connectivity index (χ4v) is 7.60. The third-order valence-corrected chi connectivity index (χ3v) is 10.1. The van der Waals surface area contributed by atoms with Gasteiger partial charge in [-0.15, -0.1) is 0 Å². The van der Waals surface area contributed by atoms with E-state index < -0.39 is 10.0 Å². The van der Waals surface area contributed by atoms with E-state index in [1.54, 1.807) is 27.0 Å². The maximum absolute atomic E-state index is 13.5. The maximum Gasteiger partial charge on any atom is 0.259 e. The molecule has 10 heteroatoms. The van der Waals surface area contributed by atoms with E-state index in [4.69, 9.17) is 0 Å². The Hall–Kier alpha value is -3.50. The highest BCUT2D eigenvalue weighted by atomic mass is 32.2. The predicted molar refractivity (Wildman–Crippen MR) is 140 cm³/mol. The number of H-pyrrole nitrogens is 1. The average molecular weight is 520 g/mol. The number of rotatable bonds is 3. The first kappa shape index (κ1) is 23.9. The quantitative estimate of drug-likeness (QED) is 0.448. The predicted octanol–water partition coefficient (Wildman–Crippen LogP) is 3.11. The molecular weight excluding hydrogens is 490 g/mol. The van der Waals surface area contributed by atoms with Crippen molar-refractivity contribution in [2.75, 3.05) is 26.2 Å². The molecule has 0 unspecified atom stereocenters. The van der Waals surface area contributed by atoms with Crippen LogP contribution in [0, 0.1) is 19.3 Å². The Balaban J connectivity index is 1.20. The largest absolute Gasteiger partial charge is 0.338 e. The first-order valence-corrected chi connectivity index (χ1v) is 14.0. The van der Waals surface area contributed by atoms with Crippen LogP contribution in [0.25, 0.3) is 16.6 Å². The summed E-state index contributed by atoms with van der Waals surface area (Å²) in [5, 5.41) is 4.90. The molecule has 2 saturated heterocycles. The second-order valence-electron chi connectivity index (χ2n) is 10.4. The minimum atomic E-state index is -3.57. The van der Waals surface area contributed by atoms with Crippen LogP contribution in [0.4, 0.5) is 0 Å². The molecule has 37 heavy (non-hydrogen) atoms. The Morgan fingerprint density at radius 3 is 2.54 bits per heavy atom. The summed E-state index contributed by atoms with van der Waals surface area (Å²) < 4.78 is 29.9. The monoisotopic (exact) mass is 519 g/mol. The number of aryl methyl sites for hydroxylation is 2. The molecule has 1 N–H and O–H groups in total. The topological polar surface area (TPSA) is 108 Å². The number of nitrogens with zero attached hydrogens (tertiary/aromatic N) is 4. The zero-order valence-electron chi connectivity index (χ0n) is 20.9. The molecule has 0 aliphatic carbocycles. The first-order valence-electron chi connectivity index (χ1n) is 12.5. The number of benzene rings is 2. The lowest BCUT2D eigenvalue weighted by Crippen LogP contribution is -2.44. The molecule has 2 fully saturated rings. The van der Waals surface area contributed by atoms with Gasteiger partial charge >= 0.3 is 0 Å². The number of aromatic amines is 1. The Bertz CT molecular complexity index is 1710. The number of carbonyl (C=O) groups is 1. The zero-order valence-corrected chi connectivity index (χ0v) is 21.7. The summed E-state index contributed by atoms with van der Waals surface area (Å²) in [4.78, 5) is 31.1. The van der Waals surface area contributed by atoms with Gasteiger partial charge in [-0.1, -0.05) is 24.3 Å². The van der Waals surface area contributed by atoms with Crippen LogP contribution in [0.2, 0.25) is 0 Å². The van der Waals surface area contributed by atoms with Gasteiger partial charge in [-0.3, -0.25) is 9.59 Å². The Morgan fingerprint density at radius 1 is 1.03 bits per heavy atom. The van der Waals surface area contributed by atoms with Crippen LogP contribution in [-0.2, 0) is 10.0 Å². The minimum Gasteiger partial charge on any atom is -0.338 e. The third kappa shape index (κ3) is 3.86. The van der Waals surface area contributed by atoms with Crippen LogP contribution >= 0.6 is 0 Å². The number of amides is 1. The number of piperidine rings is 1. The van der Waals surface area contributed by atoms with E-state index in [1.165, 1.54) is 6.20 Å². The minimum absolute atomic E-state index is 0.105. The number of para-hydroxylation sites is 1. The molecule has 2 aromatic heterocycles. The smallest absolute Gasteiger partial charge is 0.259 e. The summed E-state index contributed by atoms with van der Waals surface area (Å²) in [6.45, 7) is 5.77. The lowest BCUT2D eigenvalue weighted by Gasteiger charge is -2.38. The van der Waals surface area contributed by atoms with Crippen molar-refractivity contribution in [3.63, 3.8) is 0 Å². The molecule has 4 heterocycles. The van der Waals surface area contributed by atoms with Gasteiger partial charge in [0, 0.05) is 26.2 Å². The molecule has 1 spiro atoms. The molecule has 2 aliphatic rings. The first-order chi connectivity index (χ1) is 17.7. The summed E-state index contributed by atoms with van der Waals surface area (Å²) in [5.41, 5.74) is 2.72. The number of likely N-dealkylation sites (tertiary alicyclic amines) is 1. The average Bonchev–Trinajstić information content (AvgIpc) is 3.50. The molecule has 2 aliphatic heterocycles. The summed E-state index contributed by atoms with van der Waals surface area (Å²) in [6, 6.07) is 12.7. The molecule has 0 atom stereocenters. The zero-order chi connectivity index (χ0) is 25.9. The Morgan fingerprint density at radius 2 is 1.76 bits per heavy atom. The standard InChI is InChI=1S/C27H29N5O4S/c1-18-7-8-19(2)23(15-18)37(35,36)31-13-10-27(11-14-31)9-12-30(17-27)26(34)21-16-28-32-22-6-4-3-5-20(22)25(33)29-24(21)32/h3-8,15-16H,9-14,17H2,1-2H3,(H,29,33). The van der Waals surface area contributed by atoms with Gasteiger partial charge in [0.2, 0.25) is 10.0 Å².